The monoisotopic (exact) mass is 160 g/mol. The Labute approximate surface area is 74.6 Å². The molecule has 0 atom stereocenters. The van der Waals surface area contributed by atoms with E-state index in [0.29, 0.717) is 5.41 Å². The summed E-state index contributed by atoms with van der Waals surface area (Å²) in [6.45, 7) is 6.83. The predicted octanol–water partition coefficient (Wildman–Crippen LogP) is 3.35. The molecule has 1 aliphatic rings. The van der Waals surface area contributed by atoms with E-state index in [1.54, 1.807) is 5.56 Å². The molecular weight excluding hydrogens is 144 g/mol. The molecule has 0 nitrogen and oxygen atoms in total. The van der Waals surface area contributed by atoms with Crippen LogP contribution < -0.4 is 0 Å². The minimum absolute atomic E-state index is 0.523. The molecule has 0 amide bonds. The smallest absolute Gasteiger partial charge is 0.00694 e. The molecule has 0 spiro atoms. The fraction of sp³-hybridized carbons (Fsp3) is 0.500. The second-order valence-corrected chi connectivity index (χ2v) is 4.33. The van der Waals surface area contributed by atoms with E-state index in [-0.39, 0.29) is 0 Å². The van der Waals surface area contributed by atoms with E-state index in [0.717, 1.165) is 0 Å². The van der Waals surface area contributed by atoms with Crippen molar-refractivity contribution in [2.45, 2.75) is 39.0 Å². The largest absolute Gasteiger partial charge is 0.0617 e. The first-order valence-electron chi connectivity index (χ1n) is 4.70. The number of aryl methyl sites for hydroxylation is 2. The maximum Gasteiger partial charge on any atom is -0.00694 e. The molecule has 2 rings (SSSR count). The highest BCUT2D eigenvalue weighted by atomic mass is 14.4. The van der Waals surface area contributed by atoms with Crippen molar-refractivity contribution in [2.24, 2.45) is 0 Å². The molecule has 0 heteroatoms. The summed E-state index contributed by atoms with van der Waals surface area (Å²) in [7, 11) is 0. The summed E-state index contributed by atoms with van der Waals surface area (Å²) >= 11 is 0. The Morgan fingerprint density at radius 1 is 1.08 bits per heavy atom. The molecule has 64 valence electrons. The summed E-state index contributed by atoms with van der Waals surface area (Å²) in [5, 5.41) is 0. The zero-order valence-corrected chi connectivity index (χ0v) is 8.15. The van der Waals surface area contributed by atoms with Gasteiger partial charge in [0.2, 0.25) is 0 Å². The summed E-state index contributed by atoms with van der Waals surface area (Å²) in [5.74, 6) is 0. The first-order valence-corrected chi connectivity index (χ1v) is 4.70. The molecule has 12 heavy (non-hydrogen) atoms. The summed E-state index contributed by atoms with van der Waals surface area (Å²) in [6.07, 6.45) is 2.75. The van der Waals surface area contributed by atoms with E-state index in [1.165, 1.54) is 24.0 Å². The lowest BCUT2D eigenvalue weighted by Gasteiger charge is -2.15. The van der Waals surface area contributed by atoms with Crippen molar-refractivity contribution in [1.29, 1.82) is 0 Å². The van der Waals surface area contributed by atoms with Gasteiger partial charge in [-0.1, -0.05) is 25.1 Å². The van der Waals surface area contributed by atoms with Gasteiger partial charge in [-0.05, 0) is 48.8 Å². The highest BCUT2D eigenvalue weighted by Crippen LogP contribution is 2.49. The van der Waals surface area contributed by atoms with E-state index in [1.807, 2.05) is 0 Å². The molecule has 0 saturated heterocycles. The van der Waals surface area contributed by atoms with Crippen LogP contribution in [0.15, 0.2) is 18.2 Å². The molecule has 0 heterocycles. The summed E-state index contributed by atoms with van der Waals surface area (Å²) in [4.78, 5) is 0. The van der Waals surface area contributed by atoms with Crippen LogP contribution in [0.5, 0.6) is 0 Å². The van der Waals surface area contributed by atoms with E-state index in [2.05, 4.69) is 39.0 Å². The zero-order chi connectivity index (χ0) is 8.77. The first-order chi connectivity index (χ1) is 5.63. The standard InChI is InChI=1S/C12H16/c1-9-5-4-6-10(2)11(9)12(3)7-8-12/h4-6H,7-8H2,1-3H3. The number of rotatable bonds is 1. The Bertz CT molecular complexity index is 286. The number of hydrogen-bond acceptors (Lipinski definition) is 0. The molecule has 0 bridgehead atoms. The Hall–Kier alpha value is -0.780. The predicted molar refractivity (Wildman–Crippen MR) is 52.5 cm³/mol. The van der Waals surface area contributed by atoms with Gasteiger partial charge in [-0.25, -0.2) is 0 Å². The fourth-order valence-electron chi connectivity index (χ4n) is 2.20. The summed E-state index contributed by atoms with van der Waals surface area (Å²) in [5.41, 5.74) is 5.06. The van der Waals surface area contributed by atoms with Crippen molar-refractivity contribution < 1.29 is 0 Å². The Morgan fingerprint density at radius 3 is 2.00 bits per heavy atom. The number of benzene rings is 1. The van der Waals surface area contributed by atoms with Gasteiger partial charge in [-0.2, -0.15) is 0 Å². The normalized spacial score (nSPS) is 19.2. The van der Waals surface area contributed by atoms with Gasteiger partial charge in [0.1, 0.15) is 0 Å². The Morgan fingerprint density at radius 2 is 1.58 bits per heavy atom. The van der Waals surface area contributed by atoms with Crippen LogP contribution in [-0.4, -0.2) is 0 Å². The molecule has 0 aromatic heterocycles. The Balaban J connectivity index is 2.55. The molecule has 0 N–H and O–H groups in total. The van der Waals surface area contributed by atoms with Crippen LogP contribution in [0.2, 0.25) is 0 Å². The van der Waals surface area contributed by atoms with Crippen molar-refractivity contribution in [3.05, 3.63) is 34.9 Å². The highest BCUT2D eigenvalue weighted by molar-refractivity contribution is 5.42. The third-order valence-electron chi connectivity index (χ3n) is 3.08. The summed E-state index contributed by atoms with van der Waals surface area (Å²) in [6, 6.07) is 6.61. The molecular formula is C12H16. The quantitative estimate of drug-likeness (QED) is 0.591. The molecule has 1 fully saturated rings. The fourth-order valence-corrected chi connectivity index (χ4v) is 2.20. The van der Waals surface area contributed by atoms with Gasteiger partial charge in [0.15, 0.2) is 0 Å². The topological polar surface area (TPSA) is 0 Å². The molecule has 1 aromatic rings. The second kappa shape index (κ2) is 2.35. The lowest BCUT2D eigenvalue weighted by molar-refractivity contribution is 0.771. The van der Waals surface area contributed by atoms with E-state index in [4.69, 9.17) is 0 Å². The van der Waals surface area contributed by atoms with Gasteiger partial charge < -0.3 is 0 Å². The molecule has 1 saturated carbocycles. The van der Waals surface area contributed by atoms with Gasteiger partial charge >= 0.3 is 0 Å². The van der Waals surface area contributed by atoms with Crippen LogP contribution in [0.4, 0.5) is 0 Å². The lowest BCUT2D eigenvalue weighted by atomic mass is 9.90. The van der Waals surface area contributed by atoms with Crippen molar-refractivity contribution in [1.82, 2.24) is 0 Å². The zero-order valence-electron chi connectivity index (χ0n) is 8.15. The van der Waals surface area contributed by atoms with Crippen molar-refractivity contribution >= 4 is 0 Å². The van der Waals surface area contributed by atoms with Gasteiger partial charge in [-0.15, -0.1) is 0 Å². The molecule has 1 aromatic carbocycles. The lowest BCUT2D eigenvalue weighted by Crippen LogP contribution is -2.05. The van der Waals surface area contributed by atoms with Crippen LogP contribution >= 0.6 is 0 Å². The van der Waals surface area contributed by atoms with Crippen molar-refractivity contribution in [3.63, 3.8) is 0 Å². The molecule has 0 aliphatic heterocycles. The minimum atomic E-state index is 0.523. The van der Waals surface area contributed by atoms with Gasteiger partial charge in [0.05, 0.1) is 0 Å². The third kappa shape index (κ3) is 1.06. The molecule has 1 aliphatic carbocycles. The van der Waals surface area contributed by atoms with Crippen LogP contribution in [0, 0.1) is 13.8 Å². The van der Waals surface area contributed by atoms with Crippen LogP contribution in [0.3, 0.4) is 0 Å². The Kier molecular flexibility index (Phi) is 1.54. The summed E-state index contributed by atoms with van der Waals surface area (Å²) < 4.78 is 0. The van der Waals surface area contributed by atoms with Gasteiger partial charge in [0.25, 0.3) is 0 Å². The molecule has 0 radical (unpaired) electrons. The van der Waals surface area contributed by atoms with Crippen LogP contribution in [0.1, 0.15) is 36.5 Å². The van der Waals surface area contributed by atoms with E-state index < -0.39 is 0 Å². The van der Waals surface area contributed by atoms with E-state index in [9.17, 15) is 0 Å². The van der Waals surface area contributed by atoms with Crippen LogP contribution in [0.25, 0.3) is 0 Å². The highest BCUT2D eigenvalue weighted by Gasteiger charge is 2.40. The van der Waals surface area contributed by atoms with Crippen molar-refractivity contribution in [3.8, 4) is 0 Å². The third-order valence-corrected chi connectivity index (χ3v) is 3.08. The maximum absolute atomic E-state index is 2.38. The van der Waals surface area contributed by atoms with E-state index >= 15 is 0 Å². The van der Waals surface area contributed by atoms with Gasteiger partial charge in [0, 0.05) is 0 Å². The van der Waals surface area contributed by atoms with Crippen molar-refractivity contribution in [2.75, 3.05) is 0 Å². The second-order valence-electron chi connectivity index (χ2n) is 4.33. The minimum Gasteiger partial charge on any atom is -0.0617 e. The average molecular weight is 160 g/mol. The average Bonchev–Trinajstić information content (AvgIpc) is 2.68. The SMILES string of the molecule is Cc1cccc(C)c1C1(C)CC1. The maximum atomic E-state index is 2.38. The van der Waals surface area contributed by atoms with Gasteiger partial charge in [-0.3, -0.25) is 0 Å². The number of hydrogen-bond donors (Lipinski definition) is 0. The molecule has 0 unspecified atom stereocenters. The first kappa shape index (κ1) is 7.85. The van der Waals surface area contributed by atoms with Crippen LogP contribution in [-0.2, 0) is 5.41 Å².